The van der Waals surface area contributed by atoms with Gasteiger partial charge in [0.05, 0.1) is 7.11 Å². The van der Waals surface area contributed by atoms with Crippen molar-refractivity contribution in [2.75, 3.05) is 19.0 Å². The molecule has 4 aromatic rings. The Kier molecular flexibility index (Phi) is 6.26. The maximum atomic E-state index is 12.2. The largest absolute Gasteiger partial charge is 0.497 e. The van der Waals surface area contributed by atoms with E-state index in [1.54, 1.807) is 85.7 Å². The van der Waals surface area contributed by atoms with Gasteiger partial charge >= 0.3 is 0 Å². The Morgan fingerprint density at radius 2 is 1.72 bits per heavy atom. The lowest BCUT2D eigenvalue weighted by molar-refractivity contribution is -0.118. The van der Waals surface area contributed by atoms with Gasteiger partial charge in [-0.2, -0.15) is 10.1 Å². The van der Waals surface area contributed by atoms with Crippen LogP contribution in [0.3, 0.4) is 0 Å². The van der Waals surface area contributed by atoms with Crippen LogP contribution in [-0.4, -0.2) is 39.4 Å². The fraction of sp³-hybridized carbons (Fsp3) is 0.130. The van der Waals surface area contributed by atoms with Crippen LogP contribution in [0.4, 0.5) is 5.69 Å². The lowest BCUT2D eigenvalue weighted by Gasteiger charge is -2.10. The number of ether oxygens (including phenoxy) is 3. The number of hydrogen-bond acceptors (Lipinski definition) is 7. The van der Waals surface area contributed by atoms with Crippen molar-refractivity contribution in [3.8, 4) is 28.9 Å². The highest BCUT2D eigenvalue weighted by Crippen LogP contribution is 2.23. The molecule has 1 amide bonds. The number of hydrogen-bond donors (Lipinski definition) is 1. The molecule has 0 fully saturated rings. The third-order valence-electron chi connectivity index (χ3n) is 4.33. The van der Waals surface area contributed by atoms with Crippen LogP contribution in [-0.2, 0) is 4.79 Å². The molecular weight excluding hydrogens is 410 g/mol. The van der Waals surface area contributed by atoms with E-state index in [-0.39, 0.29) is 12.5 Å². The molecule has 0 bridgehead atoms. The third-order valence-corrected chi connectivity index (χ3v) is 4.33. The summed E-state index contributed by atoms with van der Waals surface area (Å²) in [5, 5.41) is 6.95. The summed E-state index contributed by atoms with van der Waals surface area (Å²) < 4.78 is 18.1. The monoisotopic (exact) mass is 431 g/mol. The third kappa shape index (κ3) is 5.39. The van der Waals surface area contributed by atoms with Gasteiger partial charge in [-0.3, -0.25) is 4.79 Å². The van der Waals surface area contributed by atoms with Gasteiger partial charge in [-0.25, -0.2) is 9.67 Å². The number of methoxy groups -OCH3 is 1. The molecule has 0 spiro atoms. The van der Waals surface area contributed by atoms with E-state index in [9.17, 15) is 4.79 Å². The van der Waals surface area contributed by atoms with E-state index in [2.05, 4.69) is 20.4 Å². The fourth-order valence-corrected chi connectivity index (χ4v) is 2.84. The first-order valence-electron chi connectivity index (χ1n) is 9.79. The molecule has 0 unspecified atom stereocenters. The zero-order chi connectivity index (χ0) is 22.3. The average molecular weight is 431 g/mol. The number of rotatable bonds is 8. The predicted molar refractivity (Wildman–Crippen MR) is 118 cm³/mol. The van der Waals surface area contributed by atoms with E-state index in [0.717, 1.165) is 5.75 Å². The van der Waals surface area contributed by atoms with Gasteiger partial charge in [0.25, 0.3) is 5.91 Å². The van der Waals surface area contributed by atoms with Crippen molar-refractivity contribution < 1.29 is 19.0 Å². The molecule has 0 aliphatic heterocycles. The van der Waals surface area contributed by atoms with Gasteiger partial charge in [-0.15, -0.1) is 0 Å². The van der Waals surface area contributed by atoms with Crippen LogP contribution in [0.1, 0.15) is 5.82 Å². The van der Waals surface area contributed by atoms with Crippen molar-refractivity contribution in [1.82, 2.24) is 19.7 Å². The van der Waals surface area contributed by atoms with Gasteiger partial charge in [0.15, 0.2) is 12.4 Å². The maximum Gasteiger partial charge on any atom is 0.262 e. The molecule has 2 aromatic heterocycles. The topological polar surface area (TPSA) is 100 Å². The van der Waals surface area contributed by atoms with Crippen molar-refractivity contribution in [1.29, 1.82) is 0 Å². The second-order valence-corrected chi connectivity index (χ2v) is 6.70. The van der Waals surface area contributed by atoms with Crippen LogP contribution in [0.25, 0.3) is 5.82 Å². The Labute approximate surface area is 184 Å². The van der Waals surface area contributed by atoms with E-state index >= 15 is 0 Å². The van der Waals surface area contributed by atoms with Gasteiger partial charge in [-0.1, -0.05) is 0 Å². The molecule has 1 N–H and O–H groups in total. The normalized spacial score (nSPS) is 10.4. The Morgan fingerprint density at radius 3 is 2.41 bits per heavy atom. The lowest BCUT2D eigenvalue weighted by Crippen LogP contribution is -2.20. The van der Waals surface area contributed by atoms with Crippen molar-refractivity contribution in [3.63, 3.8) is 0 Å². The summed E-state index contributed by atoms with van der Waals surface area (Å²) in [5.74, 6) is 3.17. The Morgan fingerprint density at radius 1 is 1.00 bits per heavy atom. The fourth-order valence-electron chi connectivity index (χ4n) is 2.84. The minimum atomic E-state index is -0.273. The molecule has 0 saturated heterocycles. The SMILES string of the molecule is COc1ccc(OCC(=O)Nc2ccc(Oc3cc(-n4cccn4)nc(C)n3)cc2)cc1. The summed E-state index contributed by atoms with van der Waals surface area (Å²) in [6, 6.07) is 17.5. The highest BCUT2D eigenvalue weighted by atomic mass is 16.5. The zero-order valence-electron chi connectivity index (χ0n) is 17.6. The van der Waals surface area contributed by atoms with Gasteiger partial charge in [0.2, 0.25) is 5.88 Å². The summed E-state index contributed by atoms with van der Waals surface area (Å²) in [5.41, 5.74) is 0.622. The van der Waals surface area contributed by atoms with Crippen LogP contribution in [0.15, 0.2) is 73.1 Å². The van der Waals surface area contributed by atoms with Crippen molar-refractivity contribution >= 4 is 11.6 Å². The number of anilines is 1. The molecule has 2 heterocycles. The number of aromatic nitrogens is 4. The number of carbonyl (C=O) groups is 1. The van der Waals surface area contributed by atoms with Crippen LogP contribution in [0.2, 0.25) is 0 Å². The first kappa shape index (κ1) is 20.9. The highest BCUT2D eigenvalue weighted by Gasteiger charge is 2.08. The summed E-state index contributed by atoms with van der Waals surface area (Å²) in [6.45, 7) is 1.67. The average Bonchev–Trinajstić information content (AvgIpc) is 3.34. The number of aryl methyl sites for hydroxylation is 1. The molecular formula is C23H21N5O4. The second kappa shape index (κ2) is 9.61. The van der Waals surface area contributed by atoms with Crippen molar-refractivity contribution in [2.45, 2.75) is 6.92 Å². The first-order valence-corrected chi connectivity index (χ1v) is 9.79. The first-order chi connectivity index (χ1) is 15.6. The van der Waals surface area contributed by atoms with E-state index < -0.39 is 0 Å². The van der Waals surface area contributed by atoms with Gasteiger partial charge < -0.3 is 19.5 Å². The Bertz CT molecular complexity index is 1180. The molecule has 9 nitrogen and oxygen atoms in total. The number of amides is 1. The molecule has 4 rings (SSSR count). The molecule has 0 radical (unpaired) electrons. The van der Waals surface area contributed by atoms with E-state index in [1.807, 2.05) is 6.07 Å². The van der Waals surface area contributed by atoms with Crippen LogP contribution >= 0.6 is 0 Å². The molecule has 9 heteroatoms. The molecule has 0 atom stereocenters. The number of nitrogens with zero attached hydrogens (tertiary/aromatic N) is 4. The second-order valence-electron chi connectivity index (χ2n) is 6.70. The van der Waals surface area contributed by atoms with Gasteiger partial charge in [-0.05, 0) is 61.5 Å². The number of carbonyl (C=O) groups excluding carboxylic acids is 1. The molecule has 162 valence electrons. The summed E-state index contributed by atoms with van der Waals surface area (Å²) in [4.78, 5) is 20.8. The van der Waals surface area contributed by atoms with Gasteiger partial charge in [0.1, 0.15) is 23.1 Å². The molecule has 32 heavy (non-hydrogen) atoms. The van der Waals surface area contributed by atoms with Gasteiger partial charge in [0, 0.05) is 24.1 Å². The van der Waals surface area contributed by atoms with E-state index in [0.29, 0.717) is 34.7 Å². The van der Waals surface area contributed by atoms with Crippen molar-refractivity contribution in [3.05, 3.63) is 78.9 Å². The minimum Gasteiger partial charge on any atom is -0.497 e. The smallest absolute Gasteiger partial charge is 0.262 e. The summed E-state index contributed by atoms with van der Waals surface area (Å²) in [6.07, 6.45) is 3.47. The molecule has 0 saturated carbocycles. The van der Waals surface area contributed by atoms with E-state index in [4.69, 9.17) is 14.2 Å². The summed E-state index contributed by atoms with van der Waals surface area (Å²) in [7, 11) is 1.59. The Hall–Kier alpha value is -4.40. The molecule has 0 aliphatic rings. The molecule has 0 aliphatic carbocycles. The number of benzene rings is 2. The van der Waals surface area contributed by atoms with Crippen LogP contribution < -0.4 is 19.5 Å². The maximum absolute atomic E-state index is 12.2. The minimum absolute atomic E-state index is 0.110. The summed E-state index contributed by atoms with van der Waals surface area (Å²) >= 11 is 0. The quantitative estimate of drug-likeness (QED) is 0.453. The standard InChI is InChI=1S/C23H21N5O4/c1-16-25-21(28-13-3-12-24-28)14-23(26-16)32-20-6-4-17(5-7-20)27-22(29)15-31-19-10-8-18(30-2)9-11-19/h3-14H,15H2,1-2H3,(H,27,29). The number of nitrogens with one attached hydrogen (secondary N) is 1. The van der Waals surface area contributed by atoms with Crippen molar-refractivity contribution in [2.24, 2.45) is 0 Å². The van der Waals surface area contributed by atoms with Crippen LogP contribution in [0, 0.1) is 6.92 Å². The molecule has 2 aromatic carbocycles. The predicted octanol–water partition coefficient (Wildman–Crippen LogP) is 3.79. The lowest BCUT2D eigenvalue weighted by atomic mass is 10.3. The van der Waals surface area contributed by atoms with Crippen LogP contribution in [0.5, 0.6) is 23.1 Å². The highest BCUT2D eigenvalue weighted by molar-refractivity contribution is 5.91. The Balaban J connectivity index is 1.33. The zero-order valence-corrected chi connectivity index (χ0v) is 17.6. The van der Waals surface area contributed by atoms with E-state index in [1.165, 1.54) is 0 Å².